The van der Waals surface area contributed by atoms with Crippen LogP contribution in [0.25, 0.3) is 27.8 Å². The van der Waals surface area contributed by atoms with E-state index in [4.69, 9.17) is 4.42 Å². The Bertz CT molecular complexity index is 1460. The smallest absolute Gasteiger partial charge is 0.293 e. The Balaban J connectivity index is 1.48. The summed E-state index contributed by atoms with van der Waals surface area (Å²) < 4.78 is 21.4. The normalized spacial score (nSPS) is 11.1. The molecule has 0 saturated heterocycles. The third-order valence-electron chi connectivity index (χ3n) is 5.03. The van der Waals surface area contributed by atoms with Gasteiger partial charge < -0.3 is 9.73 Å². The number of amides is 1. The van der Waals surface area contributed by atoms with Crippen LogP contribution < -0.4 is 5.32 Å². The van der Waals surface area contributed by atoms with E-state index in [-0.39, 0.29) is 11.4 Å². The van der Waals surface area contributed by atoms with Gasteiger partial charge in [0.15, 0.2) is 11.5 Å². The van der Waals surface area contributed by atoms with Crippen molar-refractivity contribution in [1.82, 2.24) is 19.7 Å². The Morgan fingerprint density at radius 3 is 2.62 bits per heavy atom. The van der Waals surface area contributed by atoms with Crippen molar-refractivity contribution in [2.75, 3.05) is 5.32 Å². The quantitative estimate of drug-likeness (QED) is 0.432. The molecule has 0 radical (unpaired) electrons. The maximum absolute atomic E-state index is 14.6. The lowest BCUT2D eigenvalue weighted by molar-refractivity contribution is 0.0994. The molecule has 0 atom stereocenters. The van der Waals surface area contributed by atoms with Crippen molar-refractivity contribution < 1.29 is 13.6 Å². The maximum atomic E-state index is 14.6. The fourth-order valence-corrected chi connectivity index (χ4v) is 3.52. The molecule has 0 spiro atoms. The molecule has 0 saturated carbocycles. The second-order valence-electron chi connectivity index (χ2n) is 7.34. The van der Waals surface area contributed by atoms with Crippen LogP contribution in [0.3, 0.4) is 0 Å². The maximum Gasteiger partial charge on any atom is 0.293 e. The van der Waals surface area contributed by atoms with Crippen LogP contribution in [-0.4, -0.2) is 25.7 Å². The number of hydrogen-bond acceptors (Lipinski definition) is 5. The molecule has 1 amide bonds. The molecule has 0 fully saturated rings. The average molecular weight is 427 g/mol. The highest BCUT2D eigenvalue weighted by Crippen LogP contribution is 2.25. The van der Waals surface area contributed by atoms with Gasteiger partial charge in [-0.05, 0) is 36.8 Å². The van der Waals surface area contributed by atoms with E-state index in [0.29, 0.717) is 22.9 Å². The van der Waals surface area contributed by atoms with Crippen molar-refractivity contribution in [2.24, 2.45) is 0 Å². The highest BCUT2D eigenvalue weighted by atomic mass is 19.1. The fourth-order valence-electron chi connectivity index (χ4n) is 3.52. The molecule has 0 unspecified atom stereocenters. The summed E-state index contributed by atoms with van der Waals surface area (Å²) in [6.45, 7) is 3.35. The van der Waals surface area contributed by atoms with Crippen LogP contribution in [0.5, 0.6) is 0 Å². The molecule has 0 aliphatic heterocycles. The highest BCUT2D eigenvalue weighted by Gasteiger charge is 2.17. The molecule has 5 aromatic rings. The van der Waals surface area contributed by atoms with E-state index in [2.05, 4.69) is 20.4 Å². The van der Waals surface area contributed by atoms with Crippen LogP contribution in [0.15, 0.2) is 71.4 Å². The number of rotatable bonds is 4. The Kier molecular flexibility index (Phi) is 4.74. The van der Waals surface area contributed by atoms with Crippen LogP contribution in [0.2, 0.25) is 0 Å². The first-order chi connectivity index (χ1) is 15.5. The van der Waals surface area contributed by atoms with E-state index in [0.717, 1.165) is 16.5 Å². The zero-order chi connectivity index (χ0) is 22.2. The summed E-state index contributed by atoms with van der Waals surface area (Å²) in [7, 11) is 0. The monoisotopic (exact) mass is 427 g/mol. The number of oxazole rings is 1. The van der Waals surface area contributed by atoms with E-state index in [1.165, 1.54) is 22.9 Å². The third-order valence-corrected chi connectivity index (χ3v) is 5.03. The number of pyridine rings is 1. The molecule has 3 aromatic heterocycles. The SMILES string of the molecule is Cc1nc(C)c(C(=O)Nc2ccc(F)c(-n3cc4cc(-c5ccccc5)cnc4n3)c2)o1. The number of nitrogens with zero attached hydrogens (tertiary/aromatic N) is 4. The van der Waals surface area contributed by atoms with E-state index < -0.39 is 11.7 Å². The van der Waals surface area contributed by atoms with Crippen LogP contribution in [-0.2, 0) is 0 Å². The van der Waals surface area contributed by atoms with Crippen molar-refractivity contribution in [3.63, 3.8) is 0 Å². The molecule has 32 heavy (non-hydrogen) atoms. The Labute approximate surface area is 182 Å². The lowest BCUT2D eigenvalue weighted by atomic mass is 10.1. The lowest BCUT2D eigenvalue weighted by Gasteiger charge is -2.08. The standard InChI is InChI=1S/C24H18FN5O2/c1-14-22(32-15(2)27-14)24(31)28-19-8-9-20(25)21(11-19)30-13-18-10-17(12-26-23(18)29-30)16-6-4-3-5-7-16/h3-13H,1-2H3,(H,28,31). The molecule has 0 aliphatic rings. The number of nitrogens with one attached hydrogen (secondary N) is 1. The minimum atomic E-state index is -0.481. The molecule has 158 valence electrons. The van der Waals surface area contributed by atoms with Crippen molar-refractivity contribution in [3.05, 3.63) is 90.2 Å². The molecule has 0 bridgehead atoms. The average Bonchev–Trinajstić information content (AvgIpc) is 3.37. The van der Waals surface area contributed by atoms with Gasteiger partial charge in [-0.1, -0.05) is 30.3 Å². The predicted octanol–water partition coefficient (Wildman–Crippen LogP) is 5.08. The minimum absolute atomic E-state index is 0.121. The zero-order valence-electron chi connectivity index (χ0n) is 17.3. The Morgan fingerprint density at radius 1 is 1.06 bits per heavy atom. The molecule has 8 heteroatoms. The highest BCUT2D eigenvalue weighted by molar-refractivity contribution is 6.03. The molecule has 3 heterocycles. The Morgan fingerprint density at radius 2 is 1.88 bits per heavy atom. The first-order valence-electron chi connectivity index (χ1n) is 9.94. The number of fused-ring (bicyclic) bond motifs is 1. The largest absolute Gasteiger partial charge is 0.436 e. The number of halogens is 1. The number of carbonyl (C=O) groups is 1. The minimum Gasteiger partial charge on any atom is -0.436 e. The van der Waals surface area contributed by atoms with Gasteiger partial charge in [0.25, 0.3) is 5.91 Å². The molecule has 2 aromatic carbocycles. The number of aryl methyl sites for hydroxylation is 2. The van der Waals surface area contributed by atoms with Gasteiger partial charge in [0.2, 0.25) is 5.76 Å². The number of hydrogen-bond donors (Lipinski definition) is 1. The number of benzene rings is 2. The summed E-state index contributed by atoms with van der Waals surface area (Å²) in [4.78, 5) is 21.0. The molecule has 0 aliphatic carbocycles. The van der Waals surface area contributed by atoms with Crippen LogP contribution in [0.4, 0.5) is 10.1 Å². The molecule has 1 N–H and O–H groups in total. The van der Waals surface area contributed by atoms with E-state index in [9.17, 15) is 9.18 Å². The van der Waals surface area contributed by atoms with Crippen molar-refractivity contribution in [1.29, 1.82) is 0 Å². The summed E-state index contributed by atoms with van der Waals surface area (Å²) in [6.07, 6.45) is 3.45. The zero-order valence-corrected chi connectivity index (χ0v) is 17.3. The number of aromatic nitrogens is 4. The van der Waals surface area contributed by atoms with Crippen LogP contribution in [0.1, 0.15) is 22.1 Å². The fraction of sp³-hybridized carbons (Fsp3) is 0.0833. The second kappa shape index (κ2) is 7.73. The predicted molar refractivity (Wildman–Crippen MR) is 118 cm³/mol. The van der Waals surface area contributed by atoms with Crippen LogP contribution in [0, 0.1) is 19.7 Å². The topological polar surface area (TPSA) is 85.8 Å². The summed E-state index contributed by atoms with van der Waals surface area (Å²) in [5.41, 5.74) is 3.54. The number of anilines is 1. The Hall–Kier alpha value is -4.33. The van der Waals surface area contributed by atoms with Gasteiger partial charge in [-0.2, -0.15) is 0 Å². The van der Waals surface area contributed by atoms with Crippen LogP contribution >= 0.6 is 0 Å². The lowest BCUT2D eigenvalue weighted by Crippen LogP contribution is -2.13. The van der Waals surface area contributed by atoms with Crippen molar-refractivity contribution >= 4 is 22.6 Å². The summed E-state index contributed by atoms with van der Waals surface area (Å²) in [5, 5.41) is 7.89. The molecular formula is C24H18FN5O2. The van der Waals surface area contributed by atoms with Gasteiger partial charge in [0.1, 0.15) is 11.5 Å². The molecule has 7 nitrogen and oxygen atoms in total. The van der Waals surface area contributed by atoms with E-state index >= 15 is 0 Å². The van der Waals surface area contributed by atoms with Gasteiger partial charge >= 0.3 is 0 Å². The third kappa shape index (κ3) is 3.62. The first-order valence-corrected chi connectivity index (χ1v) is 9.94. The summed E-state index contributed by atoms with van der Waals surface area (Å²) in [5.74, 6) is -0.417. The number of carbonyl (C=O) groups excluding carboxylic acids is 1. The summed E-state index contributed by atoms with van der Waals surface area (Å²) >= 11 is 0. The van der Waals surface area contributed by atoms with Gasteiger partial charge in [0.05, 0.1) is 5.69 Å². The second-order valence-corrected chi connectivity index (χ2v) is 7.34. The summed E-state index contributed by atoms with van der Waals surface area (Å²) in [6, 6.07) is 16.1. The molecule has 5 rings (SSSR count). The van der Waals surface area contributed by atoms with Gasteiger partial charge in [-0.3, -0.25) is 4.79 Å². The van der Waals surface area contributed by atoms with Gasteiger partial charge in [-0.25, -0.2) is 19.0 Å². The van der Waals surface area contributed by atoms with E-state index in [1.54, 1.807) is 26.2 Å². The van der Waals surface area contributed by atoms with Gasteiger partial charge in [-0.15, -0.1) is 5.10 Å². The molecular weight excluding hydrogens is 409 g/mol. The first kappa shape index (κ1) is 19.6. The van der Waals surface area contributed by atoms with Crippen molar-refractivity contribution in [3.8, 4) is 16.8 Å². The van der Waals surface area contributed by atoms with Gasteiger partial charge in [0, 0.05) is 36.0 Å². The van der Waals surface area contributed by atoms with E-state index in [1.807, 2.05) is 36.4 Å². The van der Waals surface area contributed by atoms with Crippen molar-refractivity contribution in [2.45, 2.75) is 13.8 Å².